The molecule has 4 heteroatoms. The van der Waals surface area contributed by atoms with Crippen LogP contribution >= 0.6 is 0 Å². The largest absolute Gasteiger partial charge is 0.403 e. The molecule has 1 fully saturated rings. The van der Waals surface area contributed by atoms with E-state index in [1.165, 1.54) is 6.20 Å². The molecule has 0 unspecified atom stereocenters. The van der Waals surface area contributed by atoms with Crippen molar-refractivity contribution in [2.75, 3.05) is 0 Å². The molecule has 1 aromatic rings. The zero-order valence-corrected chi connectivity index (χ0v) is 12.2. The number of hydrogen-bond donors (Lipinski definition) is 2. The fourth-order valence-electron chi connectivity index (χ4n) is 1.43. The zero-order chi connectivity index (χ0) is 10.7. The van der Waals surface area contributed by atoms with E-state index in [4.69, 9.17) is 11.5 Å². The third-order valence-corrected chi connectivity index (χ3v) is 2.38. The molecule has 1 aliphatic carbocycles. The molecule has 3 nitrogen and oxygen atoms in total. The smallest absolute Gasteiger partial charge is 0.0680 e. The van der Waals surface area contributed by atoms with Crippen LogP contribution in [0.2, 0.25) is 0 Å². The van der Waals surface area contributed by atoms with Gasteiger partial charge >= 0.3 is 0 Å². The molecule has 0 atom stereocenters. The van der Waals surface area contributed by atoms with Crippen molar-refractivity contribution in [1.82, 2.24) is 0 Å². The van der Waals surface area contributed by atoms with Gasteiger partial charge in [-0.2, -0.15) is 24.3 Å². The topological polar surface area (TPSA) is 64.4 Å². The van der Waals surface area contributed by atoms with E-state index in [0.29, 0.717) is 11.6 Å². The summed E-state index contributed by atoms with van der Waals surface area (Å²) in [5.74, 6) is 0.491. The monoisotopic (exact) mass is 342 g/mol. The van der Waals surface area contributed by atoms with Gasteiger partial charge in [0.25, 0.3) is 0 Å². The first-order valence-corrected chi connectivity index (χ1v) is 5.03. The normalized spacial score (nSPS) is 16.8. The number of hydrogen-bond acceptors (Lipinski definition) is 3. The van der Waals surface area contributed by atoms with Gasteiger partial charge in [-0.1, -0.05) is 0 Å². The van der Waals surface area contributed by atoms with Crippen molar-refractivity contribution in [2.45, 2.75) is 12.8 Å². The molecule has 0 radical (unpaired) electrons. The second-order valence-electron chi connectivity index (χ2n) is 3.65. The number of benzene rings is 1. The molecular weight excluding hydrogens is 330 g/mol. The average Bonchev–Trinajstić information content (AvgIpc) is 3.10. The van der Waals surface area contributed by atoms with E-state index in [9.17, 15) is 0 Å². The first-order chi connectivity index (χ1) is 7.31. The van der Waals surface area contributed by atoms with Crippen LogP contribution in [0.5, 0.6) is 0 Å². The summed E-state index contributed by atoms with van der Waals surface area (Å²) < 4.78 is 0. The Bertz CT molecular complexity index is 394. The van der Waals surface area contributed by atoms with Crippen LogP contribution in [-0.4, -0.2) is 5.71 Å². The molecule has 0 aliphatic heterocycles. The minimum atomic E-state index is 0. The Balaban J connectivity index is 0.00000128. The van der Waals surface area contributed by atoms with E-state index in [1.54, 1.807) is 0 Å². The molecule has 0 aromatic heterocycles. The van der Waals surface area contributed by atoms with E-state index >= 15 is 0 Å². The summed E-state index contributed by atoms with van der Waals surface area (Å²) >= 11 is 0. The van der Waals surface area contributed by atoms with Gasteiger partial charge in [-0.15, -0.1) is 6.07 Å². The molecule has 0 spiro atoms. The second-order valence-corrected chi connectivity index (χ2v) is 3.65. The van der Waals surface area contributed by atoms with Gasteiger partial charge in [-0.05, 0) is 18.5 Å². The fraction of sp³-hybridized carbons (Fsp3) is 0.250. The summed E-state index contributed by atoms with van der Waals surface area (Å²) in [5, 5.41) is 0. The van der Waals surface area contributed by atoms with Crippen molar-refractivity contribution >= 4 is 11.4 Å². The molecule has 4 N–H and O–H groups in total. The van der Waals surface area contributed by atoms with E-state index in [0.717, 1.165) is 24.2 Å². The maximum absolute atomic E-state index is 5.80. The van der Waals surface area contributed by atoms with Crippen molar-refractivity contribution in [2.24, 2.45) is 22.4 Å². The van der Waals surface area contributed by atoms with E-state index in [-0.39, 0.29) is 40.8 Å². The molecule has 0 bridgehead atoms. The quantitative estimate of drug-likeness (QED) is 0.648. The SMILES string of the molecule is N/C=C(/N)C(=Nc1c[c-]ccc1)C1CC1.[Nd]. The number of allylic oxidation sites excluding steroid dienone is 1. The molecule has 0 amide bonds. The van der Waals surface area contributed by atoms with Crippen molar-refractivity contribution in [3.8, 4) is 0 Å². The summed E-state index contributed by atoms with van der Waals surface area (Å²) in [6.45, 7) is 0. The van der Waals surface area contributed by atoms with Gasteiger partial charge < -0.3 is 16.5 Å². The van der Waals surface area contributed by atoms with Crippen LogP contribution in [-0.2, 0) is 0 Å². The molecule has 0 saturated heterocycles. The van der Waals surface area contributed by atoms with Crippen molar-refractivity contribution in [1.29, 1.82) is 0 Å². The molecule has 2 rings (SSSR count). The first-order valence-electron chi connectivity index (χ1n) is 5.03. The predicted octanol–water partition coefficient (Wildman–Crippen LogP) is 1.73. The molecule has 16 heavy (non-hydrogen) atoms. The van der Waals surface area contributed by atoms with Crippen molar-refractivity contribution in [3.63, 3.8) is 0 Å². The van der Waals surface area contributed by atoms with E-state index in [2.05, 4.69) is 11.1 Å². The predicted molar refractivity (Wildman–Crippen MR) is 61.6 cm³/mol. The van der Waals surface area contributed by atoms with Gasteiger partial charge in [-0.3, -0.25) is 0 Å². The Hall–Kier alpha value is -0.419. The third kappa shape index (κ3) is 3.56. The maximum Gasteiger partial charge on any atom is 0.0680 e. The second kappa shape index (κ2) is 6.35. The number of aliphatic imine (C=N–C) groups is 1. The molecule has 1 aliphatic rings. The third-order valence-electron chi connectivity index (χ3n) is 2.38. The Morgan fingerprint density at radius 3 is 2.75 bits per heavy atom. The first kappa shape index (κ1) is 13.6. The van der Waals surface area contributed by atoms with Gasteiger partial charge in [0.2, 0.25) is 0 Å². The Kier molecular flexibility index (Phi) is 5.41. The van der Waals surface area contributed by atoms with Gasteiger partial charge in [0.1, 0.15) is 0 Å². The Morgan fingerprint density at radius 2 is 2.25 bits per heavy atom. The Morgan fingerprint density at radius 1 is 1.50 bits per heavy atom. The molecule has 1 saturated carbocycles. The Labute approximate surface area is 129 Å². The van der Waals surface area contributed by atoms with Crippen LogP contribution in [0.25, 0.3) is 0 Å². The van der Waals surface area contributed by atoms with Crippen molar-refractivity contribution < 1.29 is 40.8 Å². The van der Waals surface area contributed by atoms with Gasteiger partial charge in [0.05, 0.1) is 11.4 Å². The van der Waals surface area contributed by atoms with Crippen LogP contribution in [0, 0.1) is 52.8 Å². The molecular formula is C12H14N3Nd-. The van der Waals surface area contributed by atoms with Crippen LogP contribution in [0.15, 0.2) is 41.2 Å². The van der Waals surface area contributed by atoms with Crippen LogP contribution in [0.1, 0.15) is 12.8 Å². The van der Waals surface area contributed by atoms with E-state index < -0.39 is 0 Å². The molecule has 82 valence electrons. The maximum atomic E-state index is 5.80. The number of nitrogens with zero attached hydrogens (tertiary/aromatic N) is 1. The van der Waals surface area contributed by atoms with Gasteiger partial charge in [0.15, 0.2) is 0 Å². The van der Waals surface area contributed by atoms with E-state index in [1.807, 2.05) is 24.3 Å². The summed E-state index contributed by atoms with van der Waals surface area (Å²) in [6.07, 6.45) is 3.73. The fourth-order valence-corrected chi connectivity index (χ4v) is 1.43. The van der Waals surface area contributed by atoms with Crippen molar-refractivity contribution in [3.05, 3.63) is 42.2 Å². The van der Waals surface area contributed by atoms with Crippen LogP contribution < -0.4 is 11.5 Å². The van der Waals surface area contributed by atoms with Crippen LogP contribution in [0.4, 0.5) is 5.69 Å². The summed E-state index contributed by atoms with van der Waals surface area (Å²) in [4.78, 5) is 4.50. The summed E-state index contributed by atoms with van der Waals surface area (Å²) in [7, 11) is 0. The summed E-state index contributed by atoms with van der Waals surface area (Å²) in [5.41, 5.74) is 13.6. The van der Waals surface area contributed by atoms with Gasteiger partial charge in [0, 0.05) is 53.0 Å². The van der Waals surface area contributed by atoms with Gasteiger partial charge in [-0.25, -0.2) is 0 Å². The van der Waals surface area contributed by atoms with Crippen LogP contribution in [0.3, 0.4) is 0 Å². The number of nitrogens with two attached hydrogens (primary N) is 2. The number of rotatable bonds is 3. The standard InChI is InChI=1S/C12H14N3.Nd/c13-8-11(14)12(9-6-7-9)15-10-4-2-1-3-5-10;/h1-2,4-5,8-9H,6-7,13-14H2;/q-1;/b11-8+,15-12?;. The average molecular weight is 345 g/mol. The minimum absolute atomic E-state index is 0. The molecule has 1 aromatic carbocycles. The zero-order valence-electron chi connectivity index (χ0n) is 8.98. The summed E-state index contributed by atoms with van der Waals surface area (Å²) in [6, 6.07) is 10.5. The molecule has 0 heterocycles. The minimum Gasteiger partial charge on any atom is -0.403 e.